The number of hydrogen-bond donors (Lipinski definition) is 0. The van der Waals surface area contributed by atoms with Crippen LogP contribution in [0.25, 0.3) is 11.1 Å². The van der Waals surface area contributed by atoms with Crippen molar-refractivity contribution >= 4 is 0 Å². The SMILES string of the molecule is C1=CC(C(c2ccccc2)c2cccc3c2Cc2ccccc2-3)C=C1. The van der Waals surface area contributed by atoms with Gasteiger partial charge < -0.3 is 0 Å². The molecule has 25 heavy (non-hydrogen) atoms. The Hall–Kier alpha value is -2.86. The standard InChI is InChI=1S/C25H20/c1-2-9-18(10-3-1)25(19-11-4-5-12-19)23-16-8-15-22-21-14-7-6-13-20(21)17-24(22)23/h1-16,19,25H,17H2. The Balaban J connectivity index is 1.69. The highest BCUT2D eigenvalue weighted by molar-refractivity contribution is 5.78. The van der Waals surface area contributed by atoms with E-state index in [1.54, 1.807) is 0 Å². The molecule has 0 spiro atoms. The van der Waals surface area contributed by atoms with E-state index in [2.05, 4.69) is 97.1 Å². The van der Waals surface area contributed by atoms with Crippen LogP contribution in [0.15, 0.2) is 97.1 Å². The van der Waals surface area contributed by atoms with Crippen LogP contribution >= 0.6 is 0 Å². The Morgan fingerprint density at radius 1 is 0.680 bits per heavy atom. The van der Waals surface area contributed by atoms with Crippen molar-refractivity contribution < 1.29 is 0 Å². The molecule has 2 aliphatic rings. The lowest BCUT2D eigenvalue weighted by atomic mass is 9.78. The predicted octanol–water partition coefficient (Wildman–Crippen LogP) is 6.13. The fourth-order valence-electron chi connectivity index (χ4n) is 4.41. The van der Waals surface area contributed by atoms with E-state index in [0.29, 0.717) is 11.8 Å². The molecule has 0 heteroatoms. The summed E-state index contributed by atoms with van der Waals surface area (Å²) in [7, 11) is 0. The van der Waals surface area contributed by atoms with Crippen molar-refractivity contribution in [2.45, 2.75) is 12.3 Å². The van der Waals surface area contributed by atoms with Gasteiger partial charge in [0.2, 0.25) is 0 Å². The lowest BCUT2D eigenvalue weighted by molar-refractivity contribution is 0.687. The van der Waals surface area contributed by atoms with Crippen LogP contribution in [0, 0.1) is 5.92 Å². The third kappa shape index (κ3) is 2.37. The number of hydrogen-bond acceptors (Lipinski definition) is 0. The van der Waals surface area contributed by atoms with Gasteiger partial charge in [0.15, 0.2) is 0 Å². The van der Waals surface area contributed by atoms with E-state index in [9.17, 15) is 0 Å². The third-order valence-electron chi connectivity index (χ3n) is 5.54. The molecule has 120 valence electrons. The highest BCUT2D eigenvalue weighted by atomic mass is 14.3. The summed E-state index contributed by atoms with van der Waals surface area (Å²) in [5.41, 5.74) is 8.65. The van der Waals surface area contributed by atoms with Crippen molar-refractivity contribution in [2.24, 2.45) is 5.92 Å². The molecular weight excluding hydrogens is 300 g/mol. The first-order chi connectivity index (χ1) is 12.4. The van der Waals surface area contributed by atoms with Gasteiger partial charge in [0.25, 0.3) is 0 Å². The lowest BCUT2D eigenvalue weighted by Gasteiger charge is -2.25. The average Bonchev–Trinajstić information content (AvgIpc) is 3.31. The minimum Gasteiger partial charge on any atom is -0.0767 e. The van der Waals surface area contributed by atoms with Crippen molar-refractivity contribution in [1.82, 2.24) is 0 Å². The first kappa shape index (κ1) is 14.5. The second kappa shape index (κ2) is 5.89. The minimum atomic E-state index is 0.375. The largest absolute Gasteiger partial charge is 0.0767 e. The van der Waals surface area contributed by atoms with Crippen molar-refractivity contribution in [3.63, 3.8) is 0 Å². The molecule has 0 aromatic heterocycles. The van der Waals surface area contributed by atoms with E-state index in [1.807, 2.05) is 0 Å². The van der Waals surface area contributed by atoms with Crippen LogP contribution in [-0.4, -0.2) is 0 Å². The Kier molecular flexibility index (Phi) is 3.41. The van der Waals surface area contributed by atoms with Crippen LogP contribution in [0.4, 0.5) is 0 Å². The topological polar surface area (TPSA) is 0 Å². The number of fused-ring (bicyclic) bond motifs is 3. The average molecular weight is 320 g/mol. The second-order valence-electron chi connectivity index (χ2n) is 6.94. The molecule has 0 saturated carbocycles. The molecule has 3 aromatic rings. The summed E-state index contributed by atoms with van der Waals surface area (Å²) in [4.78, 5) is 0. The number of benzene rings is 3. The zero-order valence-corrected chi connectivity index (χ0v) is 14.1. The van der Waals surface area contributed by atoms with Crippen LogP contribution in [0.1, 0.15) is 28.2 Å². The van der Waals surface area contributed by atoms with Crippen LogP contribution in [0.3, 0.4) is 0 Å². The second-order valence-corrected chi connectivity index (χ2v) is 6.94. The summed E-state index contributed by atoms with van der Waals surface area (Å²) in [6, 6.07) is 26.6. The predicted molar refractivity (Wildman–Crippen MR) is 105 cm³/mol. The highest BCUT2D eigenvalue weighted by Crippen LogP contribution is 2.44. The van der Waals surface area contributed by atoms with Gasteiger partial charge in [-0.2, -0.15) is 0 Å². The van der Waals surface area contributed by atoms with E-state index < -0.39 is 0 Å². The maximum absolute atomic E-state index is 2.34. The van der Waals surface area contributed by atoms with Gasteiger partial charge >= 0.3 is 0 Å². The molecule has 3 aromatic carbocycles. The Bertz CT molecular complexity index is 964. The first-order valence-electron chi connectivity index (χ1n) is 9.02. The zero-order valence-electron chi connectivity index (χ0n) is 14.1. The molecule has 0 nitrogen and oxygen atoms in total. The van der Waals surface area contributed by atoms with E-state index in [1.165, 1.54) is 33.4 Å². The molecule has 1 atom stereocenters. The monoisotopic (exact) mass is 320 g/mol. The Morgan fingerprint density at radius 2 is 1.40 bits per heavy atom. The Morgan fingerprint density at radius 3 is 2.24 bits per heavy atom. The first-order valence-corrected chi connectivity index (χ1v) is 9.02. The molecule has 0 radical (unpaired) electrons. The molecule has 0 aliphatic heterocycles. The Labute approximate surface area is 149 Å². The summed E-state index contributed by atoms with van der Waals surface area (Å²) in [6.45, 7) is 0. The fraction of sp³-hybridized carbons (Fsp3) is 0.120. The quantitative estimate of drug-likeness (QED) is 0.426. The van der Waals surface area contributed by atoms with E-state index >= 15 is 0 Å². The van der Waals surface area contributed by atoms with Crippen molar-refractivity contribution in [1.29, 1.82) is 0 Å². The van der Waals surface area contributed by atoms with Crippen LogP contribution < -0.4 is 0 Å². The minimum absolute atomic E-state index is 0.375. The van der Waals surface area contributed by atoms with Crippen LogP contribution in [0.2, 0.25) is 0 Å². The molecule has 0 fully saturated rings. The summed E-state index contributed by atoms with van der Waals surface area (Å²) < 4.78 is 0. The molecule has 0 N–H and O–H groups in total. The summed E-state index contributed by atoms with van der Waals surface area (Å²) in [5, 5.41) is 0. The van der Waals surface area contributed by atoms with E-state index in [-0.39, 0.29) is 0 Å². The van der Waals surface area contributed by atoms with Crippen LogP contribution in [-0.2, 0) is 6.42 Å². The number of rotatable bonds is 3. The van der Waals surface area contributed by atoms with Gasteiger partial charge in [0.05, 0.1) is 0 Å². The molecular formula is C25H20. The van der Waals surface area contributed by atoms with Gasteiger partial charge in [-0.05, 0) is 39.8 Å². The number of allylic oxidation sites excluding steroid dienone is 4. The lowest BCUT2D eigenvalue weighted by Crippen LogP contribution is -2.12. The smallest absolute Gasteiger partial charge is 0.0190 e. The van der Waals surface area contributed by atoms with Crippen molar-refractivity contribution in [2.75, 3.05) is 0 Å². The molecule has 0 saturated heterocycles. The van der Waals surface area contributed by atoms with Gasteiger partial charge in [-0.25, -0.2) is 0 Å². The van der Waals surface area contributed by atoms with Gasteiger partial charge in [0, 0.05) is 11.8 Å². The van der Waals surface area contributed by atoms with E-state index in [4.69, 9.17) is 0 Å². The maximum Gasteiger partial charge on any atom is 0.0190 e. The third-order valence-corrected chi connectivity index (χ3v) is 5.54. The normalized spacial score (nSPS) is 16.0. The van der Waals surface area contributed by atoms with Crippen LogP contribution in [0.5, 0.6) is 0 Å². The van der Waals surface area contributed by atoms with Gasteiger partial charge in [-0.15, -0.1) is 0 Å². The fourth-order valence-corrected chi connectivity index (χ4v) is 4.41. The summed E-state index contributed by atoms with van der Waals surface area (Å²) >= 11 is 0. The van der Waals surface area contributed by atoms with Gasteiger partial charge in [-0.3, -0.25) is 0 Å². The molecule has 5 rings (SSSR count). The van der Waals surface area contributed by atoms with Crippen molar-refractivity contribution in [3.8, 4) is 11.1 Å². The molecule has 1 unspecified atom stereocenters. The molecule has 0 heterocycles. The summed E-state index contributed by atoms with van der Waals surface area (Å²) in [5.74, 6) is 0.804. The zero-order chi connectivity index (χ0) is 16.6. The highest BCUT2D eigenvalue weighted by Gasteiger charge is 2.28. The molecule has 0 bridgehead atoms. The molecule has 2 aliphatic carbocycles. The van der Waals surface area contributed by atoms with Crippen molar-refractivity contribution in [3.05, 3.63) is 119 Å². The summed E-state index contributed by atoms with van der Waals surface area (Å²) in [6.07, 6.45) is 10.1. The van der Waals surface area contributed by atoms with Gasteiger partial charge in [-0.1, -0.05) is 97.1 Å². The van der Waals surface area contributed by atoms with Gasteiger partial charge in [0.1, 0.15) is 0 Å². The molecule has 0 amide bonds. The maximum atomic E-state index is 2.34. The van der Waals surface area contributed by atoms with E-state index in [0.717, 1.165) is 6.42 Å².